The van der Waals surface area contributed by atoms with Crippen LogP contribution in [0.5, 0.6) is 0 Å². The Hall–Kier alpha value is -4.46. The lowest BCUT2D eigenvalue weighted by molar-refractivity contribution is -0.193. The van der Waals surface area contributed by atoms with Crippen LogP contribution in [0.1, 0.15) is 27.7 Å². The first-order chi connectivity index (χ1) is 23.8. The van der Waals surface area contributed by atoms with Crippen LogP contribution in [-0.4, -0.2) is 146 Å². The van der Waals surface area contributed by atoms with Gasteiger partial charge in [0, 0.05) is 24.3 Å². The standard InChI is InChI=1S/C32H46O18/c1-5-9-25(37)43-13-21(33)17-47-29(31(41)49-19-23(35)15-45-27(39)11-7-3)30(48-18-22(34)14-44-26(38)10-6-2)32(42)50-20-24(36)16-46-28(40)12-8-4/h5-12,21-24,29-30,33-36H,13-20H2,1-4H3. The number of carbonyl (C=O) groups excluding carboxylic acids is 6. The third-order valence-corrected chi connectivity index (χ3v) is 5.39. The Morgan fingerprint density at radius 2 is 0.620 bits per heavy atom. The van der Waals surface area contributed by atoms with Crippen LogP contribution in [0.25, 0.3) is 0 Å². The Labute approximate surface area is 288 Å². The summed E-state index contributed by atoms with van der Waals surface area (Å²) in [6, 6.07) is 0. The number of carbonyl (C=O) groups is 6. The number of allylic oxidation sites excluding steroid dienone is 4. The molecule has 4 N–H and O–H groups in total. The fraction of sp³-hybridized carbons (Fsp3) is 0.562. The molecule has 0 aliphatic carbocycles. The van der Waals surface area contributed by atoms with Gasteiger partial charge >= 0.3 is 35.8 Å². The van der Waals surface area contributed by atoms with Gasteiger partial charge in [-0.3, -0.25) is 0 Å². The van der Waals surface area contributed by atoms with Gasteiger partial charge in [0.25, 0.3) is 0 Å². The van der Waals surface area contributed by atoms with E-state index < -0.39 is 125 Å². The summed E-state index contributed by atoms with van der Waals surface area (Å²) in [5, 5.41) is 40.9. The van der Waals surface area contributed by atoms with Gasteiger partial charge in [-0.2, -0.15) is 0 Å². The fourth-order valence-electron chi connectivity index (χ4n) is 3.15. The molecule has 0 radical (unpaired) electrons. The van der Waals surface area contributed by atoms with E-state index in [0.717, 1.165) is 24.3 Å². The topological polar surface area (TPSA) is 257 Å². The van der Waals surface area contributed by atoms with Crippen molar-refractivity contribution in [3.05, 3.63) is 48.6 Å². The third-order valence-electron chi connectivity index (χ3n) is 5.39. The molecule has 0 saturated heterocycles. The molecule has 0 heterocycles. The summed E-state index contributed by atoms with van der Waals surface area (Å²) < 4.78 is 40.2. The van der Waals surface area contributed by atoms with Crippen LogP contribution < -0.4 is 0 Å². The van der Waals surface area contributed by atoms with E-state index in [1.807, 2.05) is 0 Å². The second-order valence-corrected chi connectivity index (χ2v) is 9.90. The molecule has 0 amide bonds. The number of hydrogen-bond acceptors (Lipinski definition) is 18. The summed E-state index contributed by atoms with van der Waals surface area (Å²) >= 11 is 0. The maximum Gasteiger partial charge on any atom is 0.338 e. The number of aliphatic hydroxyl groups is 4. The van der Waals surface area contributed by atoms with Crippen LogP contribution in [0.2, 0.25) is 0 Å². The molecule has 18 nitrogen and oxygen atoms in total. The minimum absolute atomic E-state index is 0.588. The number of hydrogen-bond donors (Lipinski definition) is 4. The zero-order chi connectivity index (χ0) is 37.9. The highest BCUT2D eigenvalue weighted by atomic mass is 16.6. The van der Waals surface area contributed by atoms with Crippen molar-refractivity contribution < 1.29 is 87.1 Å². The molecule has 0 aliphatic rings. The van der Waals surface area contributed by atoms with E-state index in [9.17, 15) is 49.2 Å². The van der Waals surface area contributed by atoms with Crippen LogP contribution in [0.3, 0.4) is 0 Å². The lowest BCUT2D eigenvalue weighted by atomic mass is 10.2. The number of aliphatic hydroxyl groups excluding tert-OH is 4. The fourth-order valence-corrected chi connectivity index (χ4v) is 3.15. The normalized spacial score (nSPS) is 15.3. The van der Waals surface area contributed by atoms with Gasteiger partial charge in [-0.25, -0.2) is 28.8 Å². The van der Waals surface area contributed by atoms with E-state index in [1.165, 1.54) is 24.3 Å². The van der Waals surface area contributed by atoms with Gasteiger partial charge < -0.3 is 58.3 Å². The molecule has 6 unspecified atom stereocenters. The molecule has 282 valence electrons. The number of esters is 6. The van der Waals surface area contributed by atoms with E-state index in [4.69, 9.17) is 37.9 Å². The molecule has 18 heteroatoms. The Bertz CT molecular complexity index is 1090. The minimum Gasteiger partial charge on any atom is -0.461 e. The van der Waals surface area contributed by atoms with Crippen LogP contribution in [0.4, 0.5) is 0 Å². The molecule has 0 spiro atoms. The first kappa shape index (κ1) is 45.5. The summed E-state index contributed by atoms with van der Waals surface area (Å²) in [5.41, 5.74) is 0. The molecule has 50 heavy (non-hydrogen) atoms. The molecule has 0 aromatic heterocycles. The summed E-state index contributed by atoms with van der Waals surface area (Å²) in [6.07, 6.45) is -0.529. The van der Waals surface area contributed by atoms with Crippen molar-refractivity contribution >= 4 is 35.8 Å². The monoisotopic (exact) mass is 718 g/mol. The van der Waals surface area contributed by atoms with E-state index in [1.54, 1.807) is 27.7 Å². The van der Waals surface area contributed by atoms with E-state index >= 15 is 0 Å². The maximum atomic E-state index is 13.2. The Balaban J connectivity index is 6.03. The molecule has 0 fully saturated rings. The zero-order valence-electron chi connectivity index (χ0n) is 28.2. The smallest absolute Gasteiger partial charge is 0.338 e. The van der Waals surface area contributed by atoms with Crippen LogP contribution in [-0.2, 0) is 66.7 Å². The highest BCUT2D eigenvalue weighted by molar-refractivity contribution is 5.86. The van der Waals surface area contributed by atoms with E-state index in [-0.39, 0.29) is 0 Å². The Morgan fingerprint density at radius 3 is 0.860 bits per heavy atom. The molecule has 0 saturated carbocycles. The van der Waals surface area contributed by atoms with Crippen molar-refractivity contribution in [1.29, 1.82) is 0 Å². The van der Waals surface area contributed by atoms with Crippen molar-refractivity contribution in [3.8, 4) is 0 Å². The van der Waals surface area contributed by atoms with Gasteiger partial charge in [0.15, 0.2) is 12.2 Å². The van der Waals surface area contributed by atoms with Gasteiger partial charge in [0.1, 0.15) is 64.1 Å². The largest absolute Gasteiger partial charge is 0.461 e. The SMILES string of the molecule is CC=CC(=O)OCC(O)COC(=O)C(OCC(O)COC(=O)C=CC)C(OCC(O)COC(=O)C=CC)C(=O)OCC(O)COC(=O)C=CC. The van der Waals surface area contributed by atoms with Gasteiger partial charge in [0.05, 0.1) is 13.2 Å². The molecule has 0 bridgehead atoms. The second-order valence-electron chi connectivity index (χ2n) is 9.90. The van der Waals surface area contributed by atoms with Crippen molar-refractivity contribution in [1.82, 2.24) is 0 Å². The van der Waals surface area contributed by atoms with Crippen molar-refractivity contribution in [2.75, 3.05) is 52.9 Å². The van der Waals surface area contributed by atoms with E-state index in [0.29, 0.717) is 0 Å². The first-order valence-corrected chi connectivity index (χ1v) is 15.2. The molecule has 0 rings (SSSR count). The predicted octanol–water partition coefficient (Wildman–Crippen LogP) is -1.24. The molecule has 0 aromatic rings. The zero-order valence-corrected chi connectivity index (χ0v) is 28.2. The lowest BCUT2D eigenvalue weighted by Gasteiger charge is -2.27. The van der Waals surface area contributed by atoms with Crippen molar-refractivity contribution in [2.45, 2.75) is 64.3 Å². The third kappa shape index (κ3) is 22.2. The Kier molecular flexibility index (Phi) is 24.9. The summed E-state index contributed by atoms with van der Waals surface area (Å²) in [7, 11) is 0. The van der Waals surface area contributed by atoms with Crippen LogP contribution >= 0.6 is 0 Å². The van der Waals surface area contributed by atoms with E-state index in [2.05, 4.69) is 0 Å². The highest BCUT2D eigenvalue weighted by Crippen LogP contribution is 2.13. The molecular weight excluding hydrogens is 672 g/mol. The lowest BCUT2D eigenvalue weighted by Crippen LogP contribution is -2.48. The van der Waals surface area contributed by atoms with Crippen LogP contribution in [0, 0.1) is 0 Å². The van der Waals surface area contributed by atoms with Crippen LogP contribution in [0.15, 0.2) is 48.6 Å². The predicted molar refractivity (Wildman–Crippen MR) is 169 cm³/mol. The second kappa shape index (κ2) is 27.4. The Morgan fingerprint density at radius 1 is 0.400 bits per heavy atom. The number of rotatable bonds is 25. The highest BCUT2D eigenvalue weighted by Gasteiger charge is 2.40. The number of ether oxygens (including phenoxy) is 8. The summed E-state index contributed by atoms with van der Waals surface area (Å²) in [4.78, 5) is 72.7. The maximum absolute atomic E-state index is 13.2. The average Bonchev–Trinajstić information content (AvgIpc) is 3.07. The summed E-state index contributed by atoms with van der Waals surface area (Å²) in [5.74, 6) is -5.91. The molecular formula is C32H46O18. The molecule has 0 aliphatic heterocycles. The van der Waals surface area contributed by atoms with Gasteiger partial charge in [-0.1, -0.05) is 24.3 Å². The average molecular weight is 719 g/mol. The quantitative estimate of drug-likeness (QED) is 0.0489. The minimum atomic E-state index is -2.11. The van der Waals surface area contributed by atoms with Gasteiger partial charge in [-0.15, -0.1) is 0 Å². The van der Waals surface area contributed by atoms with Gasteiger partial charge in [0.2, 0.25) is 0 Å². The molecule has 6 atom stereocenters. The first-order valence-electron chi connectivity index (χ1n) is 15.2. The molecule has 0 aromatic carbocycles. The summed E-state index contributed by atoms with van der Waals surface area (Å²) in [6.45, 7) is 0.723. The van der Waals surface area contributed by atoms with Crippen molar-refractivity contribution in [2.24, 2.45) is 0 Å². The van der Waals surface area contributed by atoms with Crippen molar-refractivity contribution in [3.63, 3.8) is 0 Å². The van der Waals surface area contributed by atoms with Gasteiger partial charge in [-0.05, 0) is 27.7 Å².